The molecule has 0 aliphatic carbocycles. The second-order valence-corrected chi connectivity index (χ2v) is 10.7. The van der Waals surface area contributed by atoms with E-state index in [9.17, 15) is 9.59 Å². The van der Waals surface area contributed by atoms with E-state index >= 15 is 0 Å². The van der Waals surface area contributed by atoms with Crippen LogP contribution in [-0.2, 0) is 16.1 Å². The molecule has 3 aromatic rings. The second kappa shape index (κ2) is 10.8. The first-order valence-corrected chi connectivity index (χ1v) is 13.5. The topological polar surface area (TPSA) is 52.7 Å². The van der Waals surface area contributed by atoms with Crippen LogP contribution in [0.3, 0.4) is 0 Å². The molecule has 0 bridgehead atoms. The molecular formula is C29H33N3O2S. The maximum Gasteiger partial charge on any atom is 0.227 e. The number of carbonyl (C=O) groups excluding carboxylic acids is 2. The van der Waals surface area contributed by atoms with Crippen LogP contribution in [0.15, 0.2) is 72.1 Å². The van der Waals surface area contributed by atoms with Gasteiger partial charge in [0.25, 0.3) is 0 Å². The Morgan fingerprint density at radius 2 is 1.71 bits per heavy atom. The molecule has 0 spiro atoms. The molecule has 5 nitrogen and oxygen atoms in total. The van der Waals surface area contributed by atoms with Crippen LogP contribution in [0.1, 0.15) is 47.7 Å². The lowest BCUT2D eigenvalue weighted by molar-refractivity contribution is -0.130. The Hall–Kier alpha value is -2.96. The van der Waals surface area contributed by atoms with Crippen molar-refractivity contribution >= 4 is 28.8 Å². The van der Waals surface area contributed by atoms with Crippen LogP contribution in [0.2, 0.25) is 0 Å². The highest BCUT2D eigenvalue weighted by Gasteiger charge is 2.42. The van der Waals surface area contributed by atoms with Gasteiger partial charge in [-0.15, -0.1) is 11.3 Å². The zero-order valence-corrected chi connectivity index (χ0v) is 21.0. The van der Waals surface area contributed by atoms with Crippen LogP contribution >= 0.6 is 11.3 Å². The van der Waals surface area contributed by atoms with Gasteiger partial charge in [-0.1, -0.05) is 54.1 Å². The van der Waals surface area contributed by atoms with Gasteiger partial charge in [0.05, 0.1) is 12.0 Å². The highest BCUT2D eigenvalue weighted by atomic mass is 32.1. The van der Waals surface area contributed by atoms with Gasteiger partial charge in [0.15, 0.2) is 0 Å². The zero-order chi connectivity index (χ0) is 24.2. The monoisotopic (exact) mass is 487 g/mol. The first kappa shape index (κ1) is 23.8. The number of nitrogens with one attached hydrogen (secondary N) is 1. The normalized spacial score (nSPS) is 21.7. The summed E-state index contributed by atoms with van der Waals surface area (Å²) in [6.45, 7) is 4.96. The Balaban J connectivity index is 1.28. The molecule has 1 aromatic heterocycles. The zero-order valence-electron chi connectivity index (χ0n) is 20.2. The van der Waals surface area contributed by atoms with Crippen molar-refractivity contribution in [2.75, 3.05) is 18.0 Å². The molecule has 5 rings (SSSR count). The molecule has 182 valence electrons. The van der Waals surface area contributed by atoms with Crippen LogP contribution in [0.25, 0.3) is 0 Å². The SMILES string of the molecule is Cc1ccc(N2C(=O)CCC(C(=O)NC3CCN(Cc4ccccc4)CC3)C2c2cccs2)cc1. The van der Waals surface area contributed by atoms with E-state index in [-0.39, 0.29) is 29.8 Å². The summed E-state index contributed by atoms with van der Waals surface area (Å²) in [6, 6.07) is 22.6. The average molecular weight is 488 g/mol. The van der Waals surface area contributed by atoms with E-state index in [1.165, 1.54) is 5.56 Å². The Bertz CT molecular complexity index is 1120. The van der Waals surface area contributed by atoms with Gasteiger partial charge in [-0.3, -0.25) is 14.5 Å². The highest BCUT2D eigenvalue weighted by Crippen LogP contribution is 2.41. The molecule has 2 saturated heterocycles. The number of hydrogen-bond donors (Lipinski definition) is 1. The molecule has 3 heterocycles. The largest absolute Gasteiger partial charge is 0.353 e. The number of hydrogen-bond acceptors (Lipinski definition) is 4. The van der Waals surface area contributed by atoms with E-state index in [1.54, 1.807) is 11.3 Å². The highest BCUT2D eigenvalue weighted by molar-refractivity contribution is 7.10. The van der Waals surface area contributed by atoms with Gasteiger partial charge in [0.2, 0.25) is 11.8 Å². The van der Waals surface area contributed by atoms with Gasteiger partial charge in [-0.25, -0.2) is 0 Å². The van der Waals surface area contributed by atoms with Crippen LogP contribution < -0.4 is 10.2 Å². The lowest BCUT2D eigenvalue weighted by Crippen LogP contribution is -2.51. The van der Waals surface area contributed by atoms with E-state index in [1.807, 2.05) is 53.6 Å². The third kappa shape index (κ3) is 5.49. The number of amides is 2. The van der Waals surface area contributed by atoms with Gasteiger partial charge in [-0.2, -0.15) is 0 Å². The average Bonchev–Trinajstić information content (AvgIpc) is 3.41. The molecule has 2 fully saturated rings. The van der Waals surface area contributed by atoms with Crippen LogP contribution in [0.4, 0.5) is 5.69 Å². The Labute approximate surface area is 211 Å². The van der Waals surface area contributed by atoms with Gasteiger partial charge in [-0.05, 0) is 55.3 Å². The molecule has 2 unspecified atom stereocenters. The van der Waals surface area contributed by atoms with Crippen molar-refractivity contribution in [3.8, 4) is 0 Å². The van der Waals surface area contributed by atoms with E-state index in [0.29, 0.717) is 12.8 Å². The number of thiophene rings is 1. The summed E-state index contributed by atoms with van der Waals surface area (Å²) in [5, 5.41) is 5.39. The van der Waals surface area contributed by atoms with Crippen LogP contribution in [-0.4, -0.2) is 35.8 Å². The molecule has 2 atom stereocenters. The van der Waals surface area contributed by atoms with Crippen molar-refractivity contribution in [2.24, 2.45) is 5.92 Å². The number of aryl methyl sites for hydroxylation is 1. The van der Waals surface area contributed by atoms with E-state index in [2.05, 4.69) is 40.5 Å². The Kier molecular flexibility index (Phi) is 7.30. The molecule has 0 saturated carbocycles. The maximum atomic E-state index is 13.6. The van der Waals surface area contributed by atoms with Gasteiger partial charge < -0.3 is 10.2 Å². The van der Waals surface area contributed by atoms with Crippen molar-refractivity contribution < 1.29 is 9.59 Å². The number of nitrogens with zero attached hydrogens (tertiary/aromatic N) is 2. The summed E-state index contributed by atoms with van der Waals surface area (Å²) in [7, 11) is 0. The van der Waals surface area contributed by atoms with Crippen molar-refractivity contribution in [2.45, 2.75) is 51.2 Å². The minimum atomic E-state index is -0.267. The molecule has 35 heavy (non-hydrogen) atoms. The summed E-state index contributed by atoms with van der Waals surface area (Å²) in [5.74, 6) is -0.0879. The van der Waals surface area contributed by atoms with Gasteiger partial charge >= 0.3 is 0 Å². The van der Waals surface area contributed by atoms with E-state index in [0.717, 1.165) is 48.6 Å². The molecule has 1 N–H and O–H groups in total. The molecule has 2 amide bonds. The van der Waals surface area contributed by atoms with Gasteiger partial charge in [0.1, 0.15) is 0 Å². The van der Waals surface area contributed by atoms with Crippen molar-refractivity contribution in [3.63, 3.8) is 0 Å². The number of benzene rings is 2. The van der Waals surface area contributed by atoms with Crippen LogP contribution in [0, 0.1) is 12.8 Å². The first-order chi connectivity index (χ1) is 17.1. The predicted molar refractivity (Wildman–Crippen MR) is 141 cm³/mol. The number of carbonyl (C=O) groups is 2. The Morgan fingerprint density at radius 3 is 2.40 bits per heavy atom. The van der Waals surface area contributed by atoms with Crippen molar-refractivity contribution in [3.05, 3.63) is 88.1 Å². The summed E-state index contributed by atoms with van der Waals surface area (Å²) in [5.41, 5.74) is 3.35. The predicted octanol–water partition coefficient (Wildman–Crippen LogP) is 5.32. The van der Waals surface area contributed by atoms with E-state index in [4.69, 9.17) is 0 Å². The van der Waals surface area contributed by atoms with Crippen molar-refractivity contribution in [1.29, 1.82) is 0 Å². The second-order valence-electron chi connectivity index (χ2n) is 9.75. The quantitative estimate of drug-likeness (QED) is 0.512. The molecule has 2 aromatic carbocycles. The molecule has 6 heteroatoms. The molecule has 2 aliphatic heterocycles. The summed E-state index contributed by atoms with van der Waals surface area (Å²) in [4.78, 5) is 32.1. The smallest absolute Gasteiger partial charge is 0.227 e. The fourth-order valence-corrected chi connectivity index (χ4v) is 6.23. The summed E-state index contributed by atoms with van der Waals surface area (Å²) < 4.78 is 0. The lowest BCUT2D eigenvalue weighted by Gasteiger charge is -2.41. The van der Waals surface area contributed by atoms with Crippen LogP contribution in [0.5, 0.6) is 0 Å². The molecular weight excluding hydrogens is 454 g/mol. The molecule has 2 aliphatic rings. The molecule has 0 radical (unpaired) electrons. The minimum absolute atomic E-state index is 0.0783. The number of rotatable bonds is 6. The fourth-order valence-electron chi connectivity index (χ4n) is 5.35. The third-order valence-corrected chi connectivity index (χ3v) is 8.21. The fraction of sp³-hybridized carbons (Fsp3) is 0.379. The first-order valence-electron chi connectivity index (χ1n) is 12.6. The van der Waals surface area contributed by atoms with Gasteiger partial charge in [0, 0.05) is 42.7 Å². The number of piperidine rings is 2. The third-order valence-electron chi connectivity index (χ3n) is 7.26. The Morgan fingerprint density at radius 1 is 0.971 bits per heavy atom. The van der Waals surface area contributed by atoms with Crippen molar-refractivity contribution in [1.82, 2.24) is 10.2 Å². The number of anilines is 1. The standard InChI is InChI=1S/C29H33N3O2S/c1-21-9-11-24(12-10-21)32-27(33)14-13-25(28(32)26-8-5-19-35-26)29(34)30-23-15-17-31(18-16-23)20-22-6-3-2-4-7-22/h2-12,19,23,25,28H,13-18,20H2,1H3,(H,30,34). The lowest BCUT2D eigenvalue weighted by atomic mass is 9.85. The van der Waals surface area contributed by atoms with E-state index < -0.39 is 0 Å². The minimum Gasteiger partial charge on any atom is -0.353 e. The summed E-state index contributed by atoms with van der Waals surface area (Å²) in [6.07, 6.45) is 2.89. The number of likely N-dealkylation sites (tertiary alicyclic amines) is 1. The summed E-state index contributed by atoms with van der Waals surface area (Å²) >= 11 is 1.62. The maximum absolute atomic E-state index is 13.6.